The average molecular weight is 316 g/mol. The van der Waals surface area contributed by atoms with Crippen LogP contribution >= 0.6 is 22.9 Å². The molecule has 0 saturated carbocycles. The maximum absolute atomic E-state index is 11.9. The van der Waals surface area contributed by atoms with Crippen molar-refractivity contribution in [1.29, 1.82) is 0 Å². The van der Waals surface area contributed by atoms with E-state index >= 15 is 0 Å². The highest BCUT2D eigenvalue weighted by Crippen LogP contribution is 2.21. The molecule has 2 rings (SSSR count). The summed E-state index contributed by atoms with van der Waals surface area (Å²) in [6.07, 6.45) is 1.07. The largest absolute Gasteiger partial charge is 0.341 e. The summed E-state index contributed by atoms with van der Waals surface area (Å²) in [5, 5.41) is -0.411. The molecule has 112 valence electrons. The van der Waals surface area contributed by atoms with Crippen LogP contribution in [0.25, 0.3) is 0 Å². The second-order valence-electron chi connectivity index (χ2n) is 5.61. The average Bonchev–Trinajstić information content (AvgIpc) is 2.99. The summed E-state index contributed by atoms with van der Waals surface area (Å²) >= 11 is 7.58. The van der Waals surface area contributed by atoms with Crippen LogP contribution in [0.3, 0.4) is 0 Å². The van der Waals surface area contributed by atoms with E-state index in [-0.39, 0.29) is 5.91 Å². The van der Waals surface area contributed by atoms with Gasteiger partial charge in [-0.2, -0.15) is 0 Å². The van der Waals surface area contributed by atoms with Gasteiger partial charge in [0.2, 0.25) is 5.91 Å². The fourth-order valence-corrected chi connectivity index (χ4v) is 3.66. The number of halogens is 1. The minimum absolute atomic E-state index is 0.0649. The van der Waals surface area contributed by atoms with Gasteiger partial charge >= 0.3 is 0 Å². The Hall–Kier alpha value is -0.650. The summed E-state index contributed by atoms with van der Waals surface area (Å²) in [5.41, 5.74) is 3.03. The van der Waals surface area contributed by atoms with Gasteiger partial charge in [0.1, 0.15) is 5.38 Å². The third kappa shape index (κ3) is 3.93. The number of alkyl halides is 1. The van der Waals surface area contributed by atoms with Gasteiger partial charge in [-0.25, -0.2) is 4.98 Å². The van der Waals surface area contributed by atoms with Crippen molar-refractivity contribution in [2.45, 2.75) is 32.2 Å². The summed E-state index contributed by atoms with van der Waals surface area (Å²) in [7, 11) is 2.13. The van der Waals surface area contributed by atoms with Crippen LogP contribution in [0.4, 0.5) is 0 Å². The van der Waals surface area contributed by atoms with Gasteiger partial charge in [0.05, 0.1) is 11.2 Å². The standard InChI is InChI=1S/C14H22ClN3OS/c1-10(15)14(19)18-5-4-12(7-18)6-17(3)8-13-11(2)16-9-20-13/h9-10,12H,4-8H2,1-3H3. The smallest absolute Gasteiger partial charge is 0.240 e. The Labute approximate surface area is 129 Å². The maximum Gasteiger partial charge on any atom is 0.240 e. The van der Waals surface area contributed by atoms with Gasteiger partial charge in [0.25, 0.3) is 0 Å². The number of aryl methyl sites for hydroxylation is 1. The molecular formula is C14H22ClN3OS. The number of carbonyl (C=O) groups excluding carboxylic acids is 1. The van der Waals surface area contributed by atoms with Crippen molar-refractivity contribution in [2.24, 2.45) is 5.92 Å². The Kier molecular flexibility index (Phi) is 5.41. The van der Waals surface area contributed by atoms with Crippen LogP contribution in [0.1, 0.15) is 23.9 Å². The van der Waals surface area contributed by atoms with Gasteiger partial charge in [-0.05, 0) is 33.2 Å². The number of carbonyl (C=O) groups is 1. The van der Waals surface area contributed by atoms with Crippen molar-refractivity contribution < 1.29 is 4.79 Å². The molecule has 2 atom stereocenters. The van der Waals surface area contributed by atoms with E-state index in [0.717, 1.165) is 38.3 Å². The first kappa shape index (κ1) is 15.7. The predicted molar refractivity (Wildman–Crippen MR) is 83.2 cm³/mol. The molecule has 0 radical (unpaired) electrons. The third-order valence-corrected chi connectivity index (χ3v) is 4.87. The van der Waals surface area contributed by atoms with E-state index in [1.165, 1.54) is 4.88 Å². The van der Waals surface area contributed by atoms with Crippen molar-refractivity contribution in [3.8, 4) is 0 Å². The SMILES string of the molecule is Cc1ncsc1CN(C)CC1CCN(C(=O)C(C)Cl)C1. The summed E-state index contributed by atoms with van der Waals surface area (Å²) in [6, 6.07) is 0. The predicted octanol–water partition coefficient (Wildman–Crippen LogP) is 2.36. The maximum atomic E-state index is 11.9. The first-order chi connectivity index (χ1) is 9.47. The van der Waals surface area contributed by atoms with E-state index < -0.39 is 5.38 Å². The summed E-state index contributed by atoms with van der Waals surface area (Å²) in [5.74, 6) is 0.614. The van der Waals surface area contributed by atoms with Crippen molar-refractivity contribution in [2.75, 3.05) is 26.7 Å². The lowest BCUT2D eigenvalue weighted by molar-refractivity contribution is -0.129. The number of amides is 1. The normalized spacial score (nSPS) is 20.6. The Morgan fingerprint density at radius 2 is 2.45 bits per heavy atom. The molecule has 2 heterocycles. The highest BCUT2D eigenvalue weighted by molar-refractivity contribution is 7.09. The number of nitrogens with zero attached hydrogens (tertiary/aromatic N) is 3. The highest BCUT2D eigenvalue weighted by atomic mass is 35.5. The molecule has 20 heavy (non-hydrogen) atoms. The van der Waals surface area contributed by atoms with Crippen molar-refractivity contribution in [3.05, 3.63) is 16.1 Å². The lowest BCUT2D eigenvalue weighted by Gasteiger charge is -2.21. The Morgan fingerprint density at radius 1 is 1.70 bits per heavy atom. The Balaban J connectivity index is 1.80. The van der Waals surface area contributed by atoms with Gasteiger partial charge in [-0.3, -0.25) is 4.79 Å². The zero-order valence-electron chi connectivity index (χ0n) is 12.3. The first-order valence-corrected chi connectivity index (χ1v) is 8.29. The molecule has 0 spiro atoms. The van der Waals surface area contributed by atoms with E-state index in [2.05, 4.69) is 23.9 Å². The number of thiazole rings is 1. The van der Waals surface area contributed by atoms with E-state index in [9.17, 15) is 4.79 Å². The molecule has 1 aliphatic rings. The van der Waals surface area contributed by atoms with E-state index in [4.69, 9.17) is 11.6 Å². The molecule has 0 bridgehead atoms. The van der Waals surface area contributed by atoms with Gasteiger partial charge in [-0.15, -0.1) is 22.9 Å². The first-order valence-electron chi connectivity index (χ1n) is 6.97. The molecule has 1 fully saturated rings. The number of hydrogen-bond acceptors (Lipinski definition) is 4. The van der Waals surface area contributed by atoms with Crippen LogP contribution in [0, 0.1) is 12.8 Å². The molecule has 2 unspecified atom stereocenters. The van der Waals surface area contributed by atoms with Gasteiger partial charge in [0, 0.05) is 31.1 Å². The molecule has 0 aliphatic carbocycles. The number of hydrogen-bond donors (Lipinski definition) is 0. The quantitative estimate of drug-likeness (QED) is 0.783. The number of likely N-dealkylation sites (tertiary alicyclic amines) is 1. The summed E-state index contributed by atoms with van der Waals surface area (Å²) in [6.45, 7) is 7.42. The van der Waals surface area contributed by atoms with Crippen LogP contribution < -0.4 is 0 Å². The molecule has 0 N–H and O–H groups in total. The van der Waals surface area contributed by atoms with Crippen molar-refractivity contribution in [3.63, 3.8) is 0 Å². The molecule has 1 aromatic rings. The van der Waals surface area contributed by atoms with Gasteiger partial charge < -0.3 is 9.80 Å². The monoisotopic (exact) mass is 315 g/mol. The molecule has 0 aromatic carbocycles. The van der Waals surface area contributed by atoms with E-state index in [1.54, 1.807) is 18.3 Å². The highest BCUT2D eigenvalue weighted by Gasteiger charge is 2.28. The van der Waals surface area contributed by atoms with Crippen LogP contribution in [-0.2, 0) is 11.3 Å². The Morgan fingerprint density at radius 3 is 3.05 bits per heavy atom. The zero-order valence-corrected chi connectivity index (χ0v) is 13.9. The molecule has 1 saturated heterocycles. The second kappa shape index (κ2) is 6.87. The lowest BCUT2D eigenvalue weighted by atomic mass is 10.1. The molecule has 1 aromatic heterocycles. The second-order valence-corrected chi connectivity index (χ2v) is 7.21. The van der Waals surface area contributed by atoms with E-state index in [1.807, 2.05) is 10.4 Å². The lowest BCUT2D eigenvalue weighted by Crippen LogP contribution is -2.35. The third-order valence-electron chi connectivity index (χ3n) is 3.77. The minimum atomic E-state index is -0.411. The molecular weight excluding hydrogens is 294 g/mol. The minimum Gasteiger partial charge on any atom is -0.341 e. The number of rotatable bonds is 5. The van der Waals surface area contributed by atoms with Gasteiger partial charge in [0.15, 0.2) is 0 Å². The topological polar surface area (TPSA) is 36.4 Å². The summed E-state index contributed by atoms with van der Waals surface area (Å²) < 4.78 is 0. The van der Waals surface area contributed by atoms with Crippen LogP contribution in [0.2, 0.25) is 0 Å². The van der Waals surface area contributed by atoms with Crippen LogP contribution in [0.5, 0.6) is 0 Å². The summed E-state index contributed by atoms with van der Waals surface area (Å²) in [4.78, 5) is 21.7. The fourth-order valence-electron chi connectivity index (χ4n) is 2.66. The Bertz CT molecular complexity index is 463. The fraction of sp³-hybridized carbons (Fsp3) is 0.714. The molecule has 1 amide bonds. The van der Waals surface area contributed by atoms with Crippen molar-refractivity contribution in [1.82, 2.24) is 14.8 Å². The molecule has 1 aliphatic heterocycles. The van der Waals surface area contributed by atoms with Gasteiger partial charge in [-0.1, -0.05) is 0 Å². The molecule has 6 heteroatoms. The zero-order chi connectivity index (χ0) is 14.7. The van der Waals surface area contributed by atoms with E-state index in [0.29, 0.717) is 5.92 Å². The van der Waals surface area contributed by atoms with Crippen LogP contribution in [-0.4, -0.2) is 52.8 Å². The van der Waals surface area contributed by atoms with Crippen LogP contribution in [0.15, 0.2) is 5.51 Å². The molecule has 4 nitrogen and oxygen atoms in total. The van der Waals surface area contributed by atoms with Crippen molar-refractivity contribution >= 4 is 28.8 Å². The number of aromatic nitrogens is 1.